The molecule has 1 aromatic heterocycles. The second-order valence-corrected chi connectivity index (χ2v) is 5.74. The number of aromatic nitrogens is 1. The molecule has 1 heterocycles. The van der Waals surface area contributed by atoms with E-state index in [2.05, 4.69) is 15.5 Å². The molecule has 5 nitrogen and oxygen atoms in total. The molecular formula is C18H17N3O2S. The second kappa shape index (κ2) is 7.61. The van der Waals surface area contributed by atoms with Gasteiger partial charge in [0.05, 0.1) is 26.1 Å². The Hall–Kier alpha value is -2.86. The third-order valence-corrected chi connectivity index (χ3v) is 4.12. The number of rotatable bonds is 6. The van der Waals surface area contributed by atoms with Crippen molar-refractivity contribution in [2.45, 2.75) is 0 Å². The predicted molar refractivity (Wildman–Crippen MR) is 98.3 cm³/mol. The van der Waals surface area contributed by atoms with E-state index in [-0.39, 0.29) is 0 Å². The van der Waals surface area contributed by atoms with E-state index in [1.807, 2.05) is 53.9 Å². The minimum Gasteiger partial charge on any atom is -0.497 e. The largest absolute Gasteiger partial charge is 0.497 e. The summed E-state index contributed by atoms with van der Waals surface area (Å²) in [4.78, 5) is 4.54. The van der Waals surface area contributed by atoms with Gasteiger partial charge < -0.3 is 9.47 Å². The molecule has 24 heavy (non-hydrogen) atoms. The van der Waals surface area contributed by atoms with Gasteiger partial charge in [-0.3, -0.25) is 5.43 Å². The number of hydrogen-bond acceptors (Lipinski definition) is 6. The van der Waals surface area contributed by atoms with E-state index in [1.54, 1.807) is 20.4 Å². The number of ether oxygens (including phenoxy) is 2. The third kappa shape index (κ3) is 3.72. The lowest BCUT2D eigenvalue weighted by Gasteiger charge is -2.02. The fraction of sp³-hybridized carbons (Fsp3) is 0.111. The van der Waals surface area contributed by atoms with Crippen molar-refractivity contribution in [1.82, 2.24) is 4.98 Å². The molecule has 0 bridgehead atoms. The number of nitrogens with zero attached hydrogens (tertiary/aromatic N) is 2. The summed E-state index contributed by atoms with van der Waals surface area (Å²) >= 11 is 1.49. The van der Waals surface area contributed by atoms with E-state index in [0.29, 0.717) is 0 Å². The van der Waals surface area contributed by atoms with Crippen LogP contribution in [0.15, 0.2) is 59.0 Å². The zero-order valence-corrected chi connectivity index (χ0v) is 14.2. The van der Waals surface area contributed by atoms with Crippen LogP contribution in [0.3, 0.4) is 0 Å². The maximum Gasteiger partial charge on any atom is 0.203 e. The van der Waals surface area contributed by atoms with Crippen LogP contribution >= 0.6 is 11.3 Å². The van der Waals surface area contributed by atoms with E-state index < -0.39 is 0 Å². The molecule has 0 radical (unpaired) electrons. The van der Waals surface area contributed by atoms with Gasteiger partial charge in [-0.15, -0.1) is 11.3 Å². The topological polar surface area (TPSA) is 55.7 Å². The van der Waals surface area contributed by atoms with Crippen LogP contribution in [0.25, 0.3) is 11.3 Å². The number of hydrazone groups is 1. The summed E-state index contributed by atoms with van der Waals surface area (Å²) in [5.41, 5.74) is 5.74. The lowest BCUT2D eigenvalue weighted by atomic mass is 10.2. The van der Waals surface area contributed by atoms with E-state index >= 15 is 0 Å². The van der Waals surface area contributed by atoms with Crippen LogP contribution in [0, 0.1) is 0 Å². The first-order valence-electron chi connectivity index (χ1n) is 7.32. The average molecular weight is 339 g/mol. The molecular weight excluding hydrogens is 322 g/mol. The Morgan fingerprint density at radius 3 is 2.79 bits per heavy atom. The van der Waals surface area contributed by atoms with E-state index in [1.165, 1.54) is 11.3 Å². The summed E-state index contributed by atoms with van der Waals surface area (Å²) in [7, 11) is 3.29. The summed E-state index contributed by atoms with van der Waals surface area (Å²) in [6.07, 6.45) is 1.71. The first-order chi connectivity index (χ1) is 11.8. The molecule has 0 saturated heterocycles. The Morgan fingerprint density at radius 2 is 1.96 bits per heavy atom. The smallest absolute Gasteiger partial charge is 0.203 e. The maximum atomic E-state index is 5.29. The third-order valence-electron chi connectivity index (χ3n) is 3.37. The normalized spacial score (nSPS) is 10.8. The lowest BCUT2D eigenvalue weighted by Crippen LogP contribution is -1.93. The molecule has 3 aromatic rings. The number of nitrogens with one attached hydrogen (secondary N) is 1. The summed E-state index contributed by atoms with van der Waals surface area (Å²) in [5.74, 6) is 1.59. The predicted octanol–water partition coefficient (Wildman–Crippen LogP) is 4.27. The molecule has 0 aliphatic heterocycles. The number of hydrogen-bond donors (Lipinski definition) is 1. The van der Waals surface area contributed by atoms with Gasteiger partial charge in [-0.1, -0.05) is 24.3 Å². The highest BCUT2D eigenvalue weighted by Gasteiger charge is 2.05. The number of anilines is 1. The van der Waals surface area contributed by atoms with E-state index in [0.717, 1.165) is 33.5 Å². The summed E-state index contributed by atoms with van der Waals surface area (Å²) < 4.78 is 10.5. The van der Waals surface area contributed by atoms with Gasteiger partial charge in [0.1, 0.15) is 11.5 Å². The van der Waals surface area contributed by atoms with E-state index in [9.17, 15) is 0 Å². The molecule has 0 aliphatic carbocycles. The number of methoxy groups -OCH3 is 2. The quantitative estimate of drug-likeness (QED) is 0.538. The SMILES string of the molecule is COc1cccc(-c2csc(N/N=C\c3ccccc3OC)n2)c1. The van der Waals surface area contributed by atoms with Crippen LogP contribution in [0.4, 0.5) is 5.13 Å². The molecule has 0 saturated carbocycles. The number of thiazole rings is 1. The van der Waals surface area contributed by atoms with Crippen molar-refractivity contribution in [3.05, 3.63) is 59.5 Å². The zero-order chi connectivity index (χ0) is 16.8. The van der Waals surface area contributed by atoms with Gasteiger partial charge in [0.2, 0.25) is 5.13 Å². The molecule has 6 heteroatoms. The van der Waals surface area contributed by atoms with Crippen LogP contribution in [-0.4, -0.2) is 25.4 Å². The van der Waals surface area contributed by atoms with Gasteiger partial charge in [-0.25, -0.2) is 4.98 Å². The Kier molecular flexibility index (Phi) is 5.08. The molecule has 0 atom stereocenters. The second-order valence-electron chi connectivity index (χ2n) is 4.88. The minimum atomic E-state index is 0.721. The van der Waals surface area contributed by atoms with Crippen molar-refractivity contribution in [2.24, 2.45) is 5.10 Å². The Morgan fingerprint density at radius 1 is 1.08 bits per heavy atom. The lowest BCUT2D eigenvalue weighted by molar-refractivity contribution is 0.414. The fourth-order valence-corrected chi connectivity index (χ4v) is 2.84. The van der Waals surface area contributed by atoms with Gasteiger partial charge in [-0.05, 0) is 24.3 Å². The molecule has 0 aliphatic rings. The Labute approximate surface area is 144 Å². The van der Waals surface area contributed by atoms with Crippen LogP contribution in [0.2, 0.25) is 0 Å². The van der Waals surface area contributed by atoms with Crippen LogP contribution in [-0.2, 0) is 0 Å². The summed E-state index contributed by atoms with van der Waals surface area (Å²) in [6.45, 7) is 0. The van der Waals surface area contributed by atoms with Crippen molar-refractivity contribution in [2.75, 3.05) is 19.6 Å². The standard InChI is InChI=1S/C18H17N3O2S/c1-22-15-8-5-7-13(10-15)16-12-24-18(20-16)21-19-11-14-6-3-4-9-17(14)23-2/h3-12H,1-2H3,(H,20,21)/b19-11-. The molecule has 122 valence electrons. The number of benzene rings is 2. The van der Waals surface area contributed by atoms with Gasteiger partial charge in [0.25, 0.3) is 0 Å². The van der Waals surface area contributed by atoms with E-state index in [4.69, 9.17) is 9.47 Å². The Balaban J connectivity index is 1.71. The van der Waals surface area contributed by atoms with Crippen LogP contribution < -0.4 is 14.9 Å². The van der Waals surface area contributed by atoms with Gasteiger partial charge in [0.15, 0.2) is 0 Å². The zero-order valence-electron chi connectivity index (χ0n) is 13.4. The fourth-order valence-electron chi connectivity index (χ4n) is 2.17. The first kappa shape index (κ1) is 16.0. The van der Waals surface area contributed by atoms with Crippen molar-refractivity contribution >= 4 is 22.7 Å². The highest BCUT2D eigenvalue weighted by Crippen LogP contribution is 2.27. The highest BCUT2D eigenvalue weighted by molar-refractivity contribution is 7.14. The highest BCUT2D eigenvalue weighted by atomic mass is 32.1. The van der Waals surface area contributed by atoms with Crippen LogP contribution in [0.1, 0.15) is 5.56 Å². The van der Waals surface area contributed by atoms with Crippen LogP contribution in [0.5, 0.6) is 11.5 Å². The molecule has 0 spiro atoms. The van der Waals surface area contributed by atoms with Crippen molar-refractivity contribution < 1.29 is 9.47 Å². The first-order valence-corrected chi connectivity index (χ1v) is 8.20. The molecule has 0 unspecified atom stereocenters. The Bertz CT molecular complexity index is 846. The summed E-state index contributed by atoms with van der Waals surface area (Å²) in [5, 5.41) is 6.93. The van der Waals surface area contributed by atoms with Gasteiger partial charge in [0, 0.05) is 16.5 Å². The average Bonchev–Trinajstić information content (AvgIpc) is 3.11. The molecule has 3 rings (SSSR count). The number of para-hydroxylation sites is 1. The molecule has 2 aromatic carbocycles. The maximum absolute atomic E-state index is 5.29. The van der Waals surface area contributed by atoms with Crippen molar-refractivity contribution in [1.29, 1.82) is 0 Å². The molecule has 0 fully saturated rings. The minimum absolute atomic E-state index is 0.721. The van der Waals surface area contributed by atoms with Crippen molar-refractivity contribution in [3.63, 3.8) is 0 Å². The molecule has 0 amide bonds. The van der Waals surface area contributed by atoms with Crippen molar-refractivity contribution in [3.8, 4) is 22.8 Å². The van der Waals surface area contributed by atoms with Gasteiger partial charge in [-0.2, -0.15) is 5.10 Å². The molecule has 1 N–H and O–H groups in total. The van der Waals surface area contributed by atoms with Gasteiger partial charge >= 0.3 is 0 Å². The summed E-state index contributed by atoms with van der Waals surface area (Å²) in [6, 6.07) is 15.5. The monoisotopic (exact) mass is 339 g/mol.